The lowest BCUT2D eigenvalue weighted by Crippen LogP contribution is -2.39. The van der Waals surface area contributed by atoms with E-state index in [0.717, 1.165) is 55.4 Å². The quantitative estimate of drug-likeness (QED) is 0.874. The van der Waals surface area contributed by atoms with E-state index in [9.17, 15) is 4.79 Å². The monoisotopic (exact) mass is 369 g/mol. The van der Waals surface area contributed by atoms with Crippen LogP contribution in [0.25, 0.3) is 0 Å². The van der Waals surface area contributed by atoms with Crippen molar-refractivity contribution >= 4 is 5.91 Å². The maximum absolute atomic E-state index is 12.6. The summed E-state index contributed by atoms with van der Waals surface area (Å²) in [5.74, 6) is 2.96. The Morgan fingerprint density at radius 1 is 1.22 bits per heavy atom. The number of hydrogen-bond acceptors (Lipinski definition) is 5. The molecule has 2 aliphatic rings. The minimum absolute atomic E-state index is 0.178. The number of ether oxygens (including phenoxy) is 1. The molecule has 0 saturated carbocycles. The van der Waals surface area contributed by atoms with Crippen molar-refractivity contribution < 1.29 is 9.53 Å². The Hall–Kier alpha value is -2.41. The van der Waals surface area contributed by atoms with Gasteiger partial charge in [0.2, 0.25) is 5.91 Å². The fourth-order valence-corrected chi connectivity index (χ4v) is 3.92. The Labute approximate surface area is 159 Å². The second-order valence-corrected chi connectivity index (χ2v) is 7.29. The number of methoxy groups -OCH3 is 1. The van der Waals surface area contributed by atoms with E-state index in [-0.39, 0.29) is 5.91 Å². The summed E-state index contributed by atoms with van der Waals surface area (Å²) in [6.07, 6.45) is 4.83. The molecule has 7 heteroatoms. The van der Waals surface area contributed by atoms with E-state index in [1.807, 2.05) is 29.2 Å². The number of fused-ring (bicyclic) bond motifs is 1. The Morgan fingerprint density at radius 3 is 2.81 bits per heavy atom. The van der Waals surface area contributed by atoms with Crippen molar-refractivity contribution in [1.29, 1.82) is 0 Å². The van der Waals surface area contributed by atoms with Crippen molar-refractivity contribution in [3.8, 4) is 5.75 Å². The molecule has 27 heavy (non-hydrogen) atoms. The number of rotatable bonds is 5. The molecular weight excluding hydrogens is 342 g/mol. The number of carbonyl (C=O) groups excluding carboxylic acids is 1. The zero-order valence-corrected chi connectivity index (χ0v) is 15.9. The van der Waals surface area contributed by atoms with Crippen LogP contribution in [0, 0.1) is 0 Å². The standard InChI is InChI=1S/C20H27N5O2/c1-27-16-8-5-15(6-9-16)7-10-19(26)24-12-13-25-18(14-24)22-23-20(25)17-4-2-3-11-21-17/h5-6,8-9,17,21H,2-4,7,10-14H2,1H3/t17-/m1/s1. The van der Waals surface area contributed by atoms with E-state index in [2.05, 4.69) is 20.1 Å². The zero-order valence-electron chi connectivity index (χ0n) is 15.9. The van der Waals surface area contributed by atoms with Crippen molar-refractivity contribution in [3.63, 3.8) is 0 Å². The van der Waals surface area contributed by atoms with Gasteiger partial charge in [-0.25, -0.2) is 0 Å². The van der Waals surface area contributed by atoms with Crippen LogP contribution in [0.2, 0.25) is 0 Å². The van der Waals surface area contributed by atoms with Crippen molar-refractivity contribution in [1.82, 2.24) is 25.0 Å². The molecule has 1 N–H and O–H groups in total. The molecule has 1 amide bonds. The van der Waals surface area contributed by atoms with Gasteiger partial charge in [0.05, 0.1) is 19.7 Å². The van der Waals surface area contributed by atoms with E-state index >= 15 is 0 Å². The Kier molecular flexibility index (Phi) is 5.38. The third-order valence-electron chi connectivity index (χ3n) is 5.54. The highest BCUT2D eigenvalue weighted by Gasteiger charge is 2.28. The summed E-state index contributed by atoms with van der Waals surface area (Å²) >= 11 is 0. The first-order valence-corrected chi connectivity index (χ1v) is 9.80. The first-order chi connectivity index (χ1) is 13.2. The van der Waals surface area contributed by atoms with E-state index in [4.69, 9.17) is 4.74 Å². The predicted octanol–water partition coefficient (Wildman–Crippen LogP) is 2.08. The van der Waals surface area contributed by atoms with Crippen molar-refractivity contribution in [2.45, 2.75) is 51.2 Å². The van der Waals surface area contributed by atoms with Gasteiger partial charge in [0.1, 0.15) is 11.6 Å². The van der Waals surface area contributed by atoms with Crippen LogP contribution in [0.15, 0.2) is 24.3 Å². The van der Waals surface area contributed by atoms with E-state index in [0.29, 0.717) is 19.0 Å². The first kappa shape index (κ1) is 18.0. The molecule has 0 bridgehead atoms. The molecule has 7 nitrogen and oxygen atoms in total. The van der Waals surface area contributed by atoms with Crippen LogP contribution in [-0.2, 0) is 24.3 Å². The summed E-state index contributed by atoms with van der Waals surface area (Å²) in [7, 11) is 1.66. The highest BCUT2D eigenvalue weighted by atomic mass is 16.5. The van der Waals surface area contributed by atoms with Crippen molar-refractivity contribution in [2.75, 3.05) is 20.2 Å². The molecular formula is C20H27N5O2. The summed E-state index contributed by atoms with van der Waals surface area (Å²) in [5.41, 5.74) is 1.15. The average Bonchev–Trinajstić information content (AvgIpc) is 3.16. The number of carbonyl (C=O) groups is 1. The number of benzene rings is 1. The molecule has 1 aromatic carbocycles. The number of nitrogens with zero attached hydrogens (tertiary/aromatic N) is 4. The lowest BCUT2D eigenvalue weighted by atomic mass is 10.0. The van der Waals surface area contributed by atoms with Crippen LogP contribution in [0.5, 0.6) is 5.75 Å². The highest BCUT2D eigenvalue weighted by molar-refractivity contribution is 5.76. The maximum Gasteiger partial charge on any atom is 0.223 e. The normalized spacial score (nSPS) is 19.6. The van der Waals surface area contributed by atoms with Gasteiger partial charge in [-0.1, -0.05) is 18.6 Å². The largest absolute Gasteiger partial charge is 0.497 e. The molecule has 1 fully saturated rings. The van der Waals surface area contributed by atoms with Gasteiger partial charge in [-0.05, 0) is 43.5 Å². The van der Waals surface area contributed by atoms with Crippen LogP contribution >= 0.6 is 0 Å². The van der Waals surface area contributed by atoms with Gasteiger partial charge in [0.25, 0.3) is 0 Å². The fourth-order valence-electron chi connectivity index (χ4n) is 3.92. The number of nitrogens with one attached hydrogen (secondary N) is 1. The van der Waals surface area contributed by atoms with Crippen molar-refractivity contribution in [2.24, 2.45) is 0 Å². The third-order valence-corrected chi connectivity index (χ3v) is 5.54. The maximum atomic E-state index is 12.6. The lowest BCUT2D eigenvalue weighted by Gasteiger charge is -2.30. The second-order valence-electron chi connectivity index (χ2n) is 7.29. The molecule has 0 radical (unpaired) electrons. The molecule has 0 aliphatic carbocycles. The SMILES string of the molecule is COc1ccc(CCC(=O)N2CCn3c(nnc3[C@H]3CCCCN3)C2)cc1. The van der Waals surface area contributed by atoms with Crippen molar-refractivity contribution in [3.05, 3.63) is 41.5 Å². The number of amides is 1. The molecule has 2 aromatic rings. The molecule has 1 aromatic heterocycles. The molecule has 144 valence electrons. The molecule has 2 aliphatic heterocycles. The molecule has 1 atom stereocenters. The summed E-state index contributed by atoms with van der Waals surface area (Å²) in [6, 6.07) is 8.20. The van der Waals surface area contributed by atoms with Gasteiger partial charge >= 0.3 is 0 Å². The molecule has 1 saturated heterocycles. The van der Waals surface area contributed by atoms with Gasteiger partial charge < -0.3 is 19.5 Å². The number of piperidine rings is 1. The van der Waals surface area contributed by atoms with Gasteiger partial charge in [0, 0.05) is 19.5 Å². The minimum atomic E-state index is 0.178. The molecule has 3 heterocycles. The van der Waals surface area contributed by atoms with Crippen LogP contribution in [0.4, 0.5) is 0 Å². The molecule has 0 unspecified atom stereocenters. The number of aryl methyl sites for hydroxylation is 1. The fraction of sp³-hybridized carbons (Fsp3) is 0.550. The highest BCUT2D eigenvalue weighted by Crippen LogP contribution is 2.24. The smallest absolute Gasteiger partial charge is 0.223 e. The Balaban J connectivity index is 1.34. The van der Waals surface area contributed by atoms with Crippen LogP contribution < -0.4 is 10.1 Å². The summed E-state index contributed by atoms with van der Waals surface area (Å²) in [6.45, 7) is 3.11. The Bertz CT molecular complexity index is 780. The molecule has 4 rings (SSSR count). The molecule has 0 spiro atoms. The van der Waals surface area contributed by atoms with Crippen LogP contribution in [0.3, 0.4) is 0 Å². The summed E-state index contributed by atoms with van der Waals surface area (Å²) < 4.78 is 7.38. The number of hydrogen-bond donors (Lipinski definition) is 1. The summed E-state index contributed by atoms with van der Waals surface area (Å²) in [5, 5.41) is 12.3. The van der Waals surface area contributed by atoms with Gasteiger partial charge in [-0.15, -0.1) is 10.2 Å². The van der Waals surface area contributed by atoms with Crippen LogP contribution in [-0.4, -0.2) is 45.8 Å². The van der Waals surface area contributed by atoms with E-state index in [1.165, 1.54) is 12.8 Å². The van der Waals surface area contributed by atoms with Gasteiger partial charge in [-0.2, -0.15) is 0 Å². The average molecular weight is 369 g/mol. The number of aromatic nitrogens is 3. The van der Waals surface area contributed by atoms with Crippen LogP contribution in [0.1, 0.15) is 48.9 Å². The van der Waals surface area contributed by atoms with Gasteiger partial charge in [0.15, 0.2) is 5.82 Å². The first-order valence-electron chi connectivity index (χ1n) is 9.80. The topological polar surface area (TPSA) is 72.3 Å². The lowest BCUT2D eigenvalue weighted by molar-refractivity contribution is -0.132. The van der Waals surface area contributed by atoms with Gasteiger partial charge in [-0.3, -0.25) is 4.79 Å². The third kappa shape index (κ3) is 3.98. The zero-order chi connectivity index (χ0) is 18.6. The second kappa shape index (κ2) is 8.08. The minimum Gasteiger partial charge on any atom is -0.497 e. The Morgan fingerprint density at radius 2 is 2.07 bits per heavy atom. The van der Waals surface area contributed by atoms with E-state index in [1.54, 1.807) is 7.11 Å². The summed E-state index contributed by atoms with van der Waals surface area (Å²) in [4.78, 5) is 14.6. The van der Waals surface area contributed by atoms with E-state index < -0.39 is 0 Å². The predicted molar refractivity (Wildman–Crippen MR) is 101 cm³/mol.